The van der Waals surface area contributed by atoms with Gasteiger partial charge in [0.15, 0.2) is 5.69 Å². The number of alkyl halides is 3. The van der Waals surface area contributed by atoms with Crippen molar-refractivity contribution in [2.75, 3.05) is 6.54 Å². The van der Waals surface area contributed by atoms with Gasteiger partial charge in [-0.3, -0.25) is 4.79 Å². The molecule has 0 fully saturated rings. The van der Waals surface area contributed by atoms with Crippen molar-refractivity contribution in [1.82, 2.24) is 14.5 Å². The Hall–Kier alpha value is -2.89. The molecular formula is C21H22ClF3N4O3S. The van der Waals surface area contributed by atoms with E-state index >= 15 is 0 Å². The van der Waals surface area contributed by atoms with Crippen molar-refractivity contribution in [2.24, 2.45) is 5.73 Å². The summed E-state index contributed by atoms with van der Waals surface area (Å²) in [7, 11) is -4.12. The van der Waals surface area contributed by atoms with Crippen LogP contribution < -0.4 is 10.5 Å². The van der Waals surface area contributed by atoms with Crippen molar-refractivity contribution >= 4 is 28.3 Å². The van der Waals surface area contributed by atoms with Crippen molar-refractivity contribution < 1.29 is 26.4 Å². The van der Waals surface area contributed by atoms with Crippen LogP contribution in [0.25, 0.3) is 16.9 Å². The van der Waals surface area contributed by atoms with Crippen molar-refractivity contribution in [3.8, 4) is 16.9 Å². The summed E-state index contributed by atoms with van der Waals surface area (Å²) in [5.74, 6) is -0.692. The molecule has 0 saturated heterocycles. The van der Waals surface area contributed by atoms with Crippen LogP contribution in [-0.2, 0) is 21.0 Å². The van der Waals surface area contributed by atoms with Crippen LogP contribution in [0.15, 0.2) is 59.5 Å². The lowest BCUT2D eigenvalue weighted by Gasteiger charge is -2.10. The number of nitrogens with two attached hydrogens (primary N) is 1. The molecule has 178 valence electrons. The van der Waals surface area contributed by atoms with Crippen LogP contribution in [0.3, 0.4) is 0 Å². The SMILES string of the molecule is Cc1ccc(-c2cc(C(F)(F)F)nn2-c2ccc(S(=O)(=O)NC(=O)CCCN)cc2)cc1.Cl. The Labute approximate surface area is 195 Å². The minimum absolute atomic E-state index is 0. The molecule has 7 nitrogen and oxygen atoms in total. The third-order valence-electron chi connectivity index (χ3n) is 4.59. The lowest BCUT2D eigenvalue weighted by Crippen LogP contribution is -2.30. The van der Waals surface area contributed by atoms with E-state index in [9.17, 15) is 26.4 Å². The first-order valence-corrected chi connectivity index (χ1v) is 11.1. The van der Waals surface area contributed by atoms with Crippen LogP contribution in [0.2, 0.25) is 0 Å². The molecular weight excluding hydrogens is 481 g/mol. The van der Waals surface area contributed by atoms with E-state index < -0.39 is 27.8 Å². The van der Waals surface area contributed by atoms with E-state index in [1.54, 1.807) is 24.3 Å². The third kappa shape index (κ3) is 6.34. The summed E-state index contributed by atoms with van der Waals surface area (Å²) in [4.78, 5) is 11.5. The number of rotatable bonds is 7. The molecule has 0 aliphatic heterocycles. The van der Waals surface area contributed by atoms with E-state index in [0.717, 1.165) is 16.3 Å². The maximum absolute atomic E-state index is 13.3. The van der Waals surface area contributed by atoms with Crippen molar-refractivity contribution in [2.45, 2.75) is 30.8 Å². The van der Waals surface area contributed by atoms with Gasteiger partial charge in [-0.05, 0) is 50.2 Å². The summed E-state index contributed by atoms with van der Waals surface area (Å²) in [6, 6.07) is 12.9. The highest BCUT2D eigenvalue weighted by molar-refractivity contribution is 7.90. The van der Waals surface area contributed by atoms with Gasteiger partial charge < -0.3 is 5.73 Å². The molecule has 0 aliphatic rings. The number of hydrogen-bond donors (Lipinski definition) is 2. The zero-order valence-corrected chi connectivity index (χ0v) is 19.1. The van der Waals surface area contributed by atoms with Crippen LogP contribution in [0, 0.1) is 6.92 Å². The molecule has 0 unspecified atom stereocenters. The van der Waals surface area contributed by atoms with Gasteiger partial charge >= 0.3 is 6.18 Å². The lowest BCUT2D eigenvalue weighted by atomic mass is 10.1. The maximum atomic E-state index is 13.3. The Morgan fingerprint density at radius 3 is 2.24 bits per heavy atom. The number of halogens is 4. The lowest BCUT2D eigenvalue weighted by molar-refractivity contribution is -0.141. The largest absolute Gasteiger partial charge is 0.435 e. The van der Waals surface area contributed by atoms with Crippen LogP contribution in [0.5, 0.6) is 0 Å². The smallest absolute Gasteiger partial charge is 0.330 e. The van der Waals surface area contributed by atoms with Crippen molar-refractivity contribution in [3.63, 3.8) is 0 Å². The number of sulfonamides is 1. The summed E-state index contributed by atoms with van der Waals surface area (Å²) in [5.41, 5.74) is 6.12. The molecule has 1 amide bonds. The standard InChI is InChI=1S/C21H21F3N4O3S.ClH/c1-14-4-6-15(7-5-14)18-13-19(21(22,23)24)26-28(18)16-8-10-17(11-9-16)32(30,31)27-20(29)3-2-12-25;/h4-11,13H,2-3,12,25H2,1H3,(H,27,29);1H. The van der Waals surface area contributed by atoms with Gasteiger partial charge in [-0.15, -0.1) is 12.4 Å². The number of aromatic nitrogens is 2. The van der Waals surface area contributed by atoms with E-state index in [0.29, 0.717) is 12.0 Å². The average molecular weight is 503 g/mol. The quantitative estimate of drug-likeness (QED) is 0.510. The van der Waals surface area contributed by atoms with Gasteiger partial charge in [0, 0.05) is 12.0 Å². The molecule has 3 aromatic rings. The highest BCUT2D eigenvalue weighted by Crippen LogP contribution is 2.33. The fourth-order valence-corrected chi connectivity index (χ4v) is 3.95. The van der Waals surface area contributed by atoms with Crippen LogP contribution in [0.4, 0.5) is 13.2 Å². The predicted molar refractivity (Wildman–Crippen MR) is 120 cm³/mol. The van der Waals surface area contributed by atoms with Crippen molar-refractivity contribution in [1.29, 1.82) is 0 Å². The Kier molecular flexibility index (Phi) is 8.28. The van der Waals surface area contributed by atoms with Crippen LogP contribution in [0.1, 0.15) is 24.1 Å². The second-order valence-corrected chi connectivity index (χ2v) is 8.79. The monoisotopic (exact) mass is 502 g/mol. The third-order valence-corrected chi connectivity index (χ3v) is 5.98. The molecule has 12 heteroatoms. The van der Waals surface area contributed by atoms with Gasteiger partial charge in [0.1, 0.15) is 0 Å². The average Bonchev–Trinajstić information content (AvgIpc) is 3.18. The number of carbonyl (C=O) groups excluding carboxylic acids is 1. The summed E-state index contributed by atoms with van der Waals surface area (Å²) in [5, 5.41) is 3.69. The van der Waals surface area contributed by atoms with E-state index in [2.05, 4.69) is 5.10 Å². The number of aryl methyl sites for hydroxylation is 1. The molecule has 2 aromatic carbocycles. The topological polar surface area (TPSA) is 107 Å². The van der Waals surface area contributed by atoms with Crippen LogP contribution in [-0.4, -0.2) is 30.7 Å². The van der Waals surface area contributed by atoms with E-state index in [4.69, 9.17) is 5.73 Å². The van der Waals surface area contributed by atoms with E-state index in [1.165, 1.54) is 24.3 Å². The maximum Gasteiger partial charge on any atom is 0.435 e. The summed E-state index contributed by atoms with van der Waals surface area (Å²) >= 11 is 0. The number of carbonyl (C=O) groups is 1. The zero-order chi connectivity index (χ0) is 23.5. The highest BCUT2D eigenvalue weighted by atomic mass is 35.5. The number of nitrogens with one attached hydrogen (secondary N) is 1. The molecule has 0 saturated carbocycles. The molecule has 0 radical (unpaired) electrons. The minimum atomic E-state index is -4.65. The normalized spacial score (nSPS) is 11.7. The van der Waals surface area contributed by atoms with Gasteiger partial charge in [0.25, 0.3) is 10.0 Å². The van der Waals surface area contributed by atoms with E-state index in [-0.39, 0.29) is 41.6 Å². The number of amides is 1. The second-order valence-electron chi connectivity index (χ2n) is 7.11. The molecule has 3 rings (SSSR count). The van der Waals surface area contributed by atoms with Crippen LogP contribution >= 0.6 is 12.4 Å². The predicted octanol–water partition coefficient (Wildman–Crippen LogP) is 3.83. The Morgan fingerprint density at radius 1 is 1.09 bits per heavy atom. The molecule has 0 bridgehead atoms. The molecule has 0 aliphatic carbocycles. The summed E-state index contributed by atoms with van der Waals surface area (Å²) in [6.45, 7) is 2.10. The molecule has 0 spiro atoms. The van der Waals surface area contributed by atoms with Gasteiger partial charge in [-0.1, -0.05) is 29.8 Å². The summed E-state index contributed by atoms with van der Waals surface area (Å²) < 4.78 is 67.7. The summed E-state index contributed by atoms with van der Waals surface area (Å²) in [6.07, 6.45) is -4.36. The Morgan fingerprint density at radius 2 is 1.70 bits per heavy atom. The molecule has 33 heavy (non-hydrogen) atoms. The number of nitrogens with zero attached hydrogens (tertiary/aromatic N) is 2. The van der Waals surface area contributed by atoms with E-state index in [1.807, 2.05) is 11.6 Å². The van der Waals surface area contributed by atoms with Crippen molar-refractivity contribution in [3.05, 3.63) is 65.9 Å². The van der Waals surface area contributed by atoms with Gasteiger partial charge in [0.05, 0.1) is 16.3 Å². The molecule has 1 heterocycles. The first kappa shape index (κ1) is 26.4. The molecule has 3 N–H and O–H groups in total. The first-order valence-electron chi connectivity index (χ1n) is 9.62. The van der Waals surface area contributed by atoms with Gasteiger partial charge in [0.2, 0.25) is 5.91 Å². The number of benzene rings is 2. The zero-order valence-electron chi connectivity index (χ0n) is 17.5. The number of hydrogen-bond acceptors (Lipinski definition) is 5. The molecule has 0 atom stereocenters. The first-order chi connectivity index (χ1) is 15.0. The fourth-order valence-electron chi connectivity index (χ4n) is 2.94. The highest BCUT2D eigenvalue weighted by Gasteiger charge is 2.35. The van der Waals surface area contributed by atoms with Gasteiger partial charge in [-0.2, -0.15) is 18.3 Å². The second kappa shape index (κ2) is 10.4. The minimum Gasteiger partial charge on any atom is -0.330 e. The Bertz CT molecular complexity index is 1210. The molecule has 1 aromatic heterocycles. The Balaban J connectivity index is 0.00000385. The van der Waals surface area contributed by atoms with Gasteiger partial charge in [-0.25, -0.2) is 17.8 Å². The fraction of sp³-hybridized carbons (Fsp3) is 0.238.